The molecule has 0 saturated carbocycles. The van der Waals surface area contributed by atoms with Crippen LogP contribution < -0.4 is 5.32 Å². The van der Waals surface area contributed by atoms with Crippen LogP contribution in [0.25, 0.3) is 0 Å². The zero-order valence-electron chi connectivity index (χ0n) is 8.02. The lowest BCUT2D eigenvalue weighted by atomic mass is 10.0. The monoisotopic (exact) mass is 232 g/mol. The van der Waals surface area contributed by atoms with Gasteiger partial charge in [0.15, 0.2) is 0 Å². The molecule has 1 rings (SSSR count). The van der Waals surface area contributed by atoms with E-state index in [0.29, 0.717) is 10.7 Å². The molecule has 0 fully saturated rings. The Bertz CT molecular complexity index is 310. The van der Waals surface area contributed by atoms with Gasteiger partial charge in [0.25, 0.3) is 0 Å². The molecule has 0 radical (unpaired) electrons. The molecule has 1 heterocycles. The fraction of sp³-hybridized carbons (Fsp3) is 0.444. The van der Waals surface area contributed by atoms with Crippen LogP contribution in [0.3, 0.4) is 0 Å². The van der Waals surface area contributed by atoms with Gasteiger partial charge >= 0.3 is 0 Å². The number of aliphatic hydroxyl groups excluding tert-OH is 3. The molecule has 84 valence electrons. The molecule has 4 N–H and O–H groups in total. The third-order valence-corrected chi connectivity index (χ3v) is 2.38. The molecule has 0 unspecified atom stereocenters. The van der Waals surface area contributed by atoms with Crippen LogP contribution in [0.15, 0.2) is 18.5 Å². The quantitative estimate of drug-likeness (QED) is 0.568. The number of nitrogens with zero attached hydrogens (tertiary/aromatic N) is 1. The molecule has 0 aliphatic heterocycles. The van der Waals surface area contributed by atoms with Crippen LogP contribution in [0.4, 0.5) is 5.69 Å². The molecular formula is C9H13ClN2O3. The lowest BCUT2D eigenvalue weighted by molar-refractivity contribution is 0.0834. The molecule has 0 atom stereocenters. The largest absolute Gasteiger partial charge is 0.394 e. The maximum atomic E-state index is 9.09. The van der Waals surface area contributed by atoms with E-state index in [2.05, 4.69) is 10.3 Å². The van der Waals surface area contributed by atoms with Crippen molar-refractivity contribution >= 4 is 17.3 Å². The maximum absolute atomic E-state index is 9.09. The number of hydrogen-bond acceptors (Lipinski definition) is 5. The normalized spacial score (nSPS) is 11.5. The average Bonchev–Trinajstić information content (AvgIpc) is 2.29. The maximum Gasteiger partial charge on any atom is 0.107 e. The highest BCUT2D eigenvalue weighted by Crippen LogP contribution is 2.22. The average molecular weight is 233 g/mol. The van der Waals surface area contributed by atoms with E-state index in [9.17, 15) is 0 Å². The van der Waals surface area contributed by atoms with Crippen LogP contribution in [-0.4, -0.2) is 45.7 Å². The third-order valence-electron chi connectivity index (χ3n) is 2.08. The van der Waals surface area contributed by atoms with Gasteiger partial charge in [0.1, 0.15) is 5.54 Å². The molecule has 15 heavy (non-hydrogen) atoms. The van der Waals surface area contributed by atoms with Gasteiger partial charge in [-0.3, -0.25) is 4.98 Å². The summed E-state index contributed by atoms with van der Waals surface area (Å²) in [5.74, 6) is 0. The van der Waals surface area contributed by atoms with E-state index in [1.807, 2.05) is 0 Å². The van der Waals surface area contributed by atoms with Gasteiger partial charge in [-0.15, -0.1) is 0 Å². The summed E-state index contributed by atoms with van der Waals surface area (Å²) in [7, 11) is 0. The van der Waals surface area contributed by atoms with Crippen LogP contribution in [0.5, 0.6) is 0 Å². The smallest absolute Gasteiger partial charge is 0.107 e. The summed E-state index contributed by atoms with van der Waals surface area (Å²) in [4.78, 5) is 3.79. The molecule has 5 nitrogen and oxygen atoms in total. The van der Waals surface area contributed by atoms with E-state index in [4.69, 9.17) is 26.9 Å². The first kappa shape index (κ1) is 12.2. The highest BCUT2D eigenvalue weighted by molar-refractivity contribution is 6.33. The summed E-state index contributed by atoms with van der Waals surface area (Å²) in [6, 6.07) is 1.60. The summed E-state index contributed by atoms with van der Waals surface area (Å²) < 4.78 is 0. The van der Waals surface area contributed by atoms with Crippen molar-refractivity contribution < 1.29 is 15.3 Å². The van der Waals surface area contributed by atoms with Crippen molar-refractivity contribution in [2.24, 2.45) is 0 Å². The minimum absolute atomic E-state index is 0.359. The first-order valence-electron chi connectivity index (χ1n) is 4.38. The predicted octanol–water partition coefficient (Wildman–Crippen LogP) is -0.137. The Morgan fingerprint density at radius 3 is 2.33 bits per heavy atom. The van der Waals surface area contributed by atoms with Gasteiger partial charge in [-0.2, -0.15) is 0 Å². The number of halogens is 1. The van der Waals surface area contributed by atoms with Gasteiger partial charge < -0.3 is 20.6 Å². The molecule has 0 spiro atoms. The molecule has 0 saturated heterocycles. The van der Waals surface area contributed by atoms with Gasteiger partial charge in [0.05, 0.1) is 30.5 Å². The Hall–Kier alpha value is -0.880. The van der Waals surface area contributed by atoms with E-state index in [1.54, 1.807) is 6.07 Å². The number of aromatic nitrogens is 1. The van der Waals surface area contributed by atoms with E-state index < -0.39 is 25.4 Å². The Kier molecular flexibility index (Phi) is 4.28. The number of aliphatic hydroxyl groups is 3. The lowest BCUT2D eigenvalue weighted by Crippen LogP contribution is -2.49. The first-order chi connectivity index (χ1) is 7.17. The standard InChI is InChI=1S/C9H13ClN2O3/c10-7-3-11-2-1-8(7)12-9(4-13,5-14)6-15/h1-3,13-15H,4-6H2,(H,11,12). The summed E-state index contributed by atoms with van der Waals surface area (Å²) in [6.45, 7) is -1.21. The molecule has 0 bridgehead atoms. The van der Waals surface area contributed by atoms with Gasteiger partial charge in [-0.1, -0.05) is 11.6 Å². The highest BCUT2D eigenvalue weighted by Gasteiger charge is 2.28. The third kappa shape index (κ3) is 2.79. The summed E-state index contributed by atoms with van der Waals surface area (Å²) >= 11 is 5.83. The Labute approximate surface area is 92.3 Å². The second kappa shape index (κ2) is 5.27. The number of anilines is 1. The molecule has 0 aliphatic carbocycles. The lowest BCUT2D eigenvalue weighted by Gasteiger charge is -2.30. The van der Waals surface area contributed by atoms with Crippen molar-refractivity contribution in [2.45, 2.75) is 5.54 Å². The van der Waals surface area contributed by atoms with Crippen molar-refractivity contribution in [1.82, 2.24) is 4.98 Å². The number of pyridine rings is 1. The number of nitrogens with one attached hydrogen (secondary N) is 1. The van der Waals surface area contributed by atoms with Gasteiger partial charge in [0, 0.05) is 12.4 Å². The second-order valence-corrected chi connectivity index (χ2v) is 3.64. The van der Waals surface area contributed by atoms with Crippen LogP contribution in [0, 0.1) is 0 Å². The zero-order valence-corrected chi connectivity index (χ0v) is 8.78. The van der Waals surface area contributed by atoms with E-state index in [0.717, 1.165) is 0 Å². The molecular weight excluding hydrogens is 220 g/mol. The Morgan fingerprint density at radius 1 is 1.27 bits per heavy atom. The topological polar surface area (TPSA) is 85.6 Å². The van der Waals surface area contributed by atoms with E-state index >= 15 is 0 Å². The Morgan fingerprint density at radius 2 is 1.87 bits per heavy atom. The first-order valence-corrected chi connectivity index (χ1v) is 4.75. The minimum atomic E-state index is -1.18. The fourth-order valence-electron chi connectivity index (χ4n) is 1.03. The van der Waals surface area contributed by atoms with Crippen LogP contribution >= 0.6 is 11.6 Å². The van der Waals surface area contributed by atoms with Crippen molar-refractivity contribution in [3.05, 3.63) is 23.5 Å². The molecule has 6 heteroatoms. The second-order valence-electron chi connectivity index (χ2n) is 3.24. The highest BCUT2D eigenvalue weighted by atomic mass is 35.5. The molecule has 0 amide bonds. The molecule has 0 aromatic carbocycles. The minimum Gasteiger partial charge on any atom is -0.394 e. The molecule has 1 aromatic heterocycles. The van der Waals surface area contributed by atoms with Gasteiger partial charge in [-0.25, -0.2) is 0 Å². The molecule has 1 aromatic rings. The van der Waals surface area contributed by atoms with E-state index in [-0.39, 0.29) is 0 Å². The van der Waals surface area contributed by atoms with Crippen molar-refractivity contribution in [3.63, 3.8) is 0 Å². The zero-order chi connectivity index (χ0) is 11.3. The van der Waals surface area contributed by atoms with Crippen LogP contribution in [-0.2, 0) is 0 Å². The summed E-state index contributed by atoms with van der Waals surface area (Å²) in [6.07, 6.45) is 2.95. The molecule has 0 aliphatic rings. The van der Waals surface area contributed by atoms with Crippen LogP contribution in [0.1, 0.15) is 0 Å². The van der Waals surface area contributed by atoms with Crippen molar-refractivity contribution in [2.75, 3.05) is 25.1 Å². The number of hydrogen-bond donors (Lipinski definition) is 4. The van der Waals surface area contributed by atoms with Crippen molar-refractivity contribution in [1.29, 1.82) is 0 Å². The summed E-state index contributed by atoms with van der Waals surface area (Å²) in [5, 5.41) is 30.4. The van der Waals surface area contributed by atoms with Crippen molar-refractivity contribution in [3.8, 4) is 0 Å². The number of rotatable bonds is 5. The Balaban J connectivity index is 2.88. The summed E-state index contributed by atoms with van der Waals surface area (Å²) in [5.41, 5.74) is -0.672. The van der Waals surface area contributed by atoms with Gasteiger partial charge in [0.2, 0.25) is 0 Å². The van der Waals surface area contributed by atoms with Gasteiger partial charge in [-0.05, 0) is 6.07 Å². The fourth-order valence-corrected chi connectivity index (χ4v) is 1.20. The SMILES string of the molecule is OCC(CO)(CO)Nc1ccncc1Cl. The van der Waals surface area contributed by atoms with E-state index in [1.165, 1.54) is 12.4 Å². The predicted molar refractivity (Wildman–Crippen MR) is 56.9 cm³/mol. The van der Waals surface area contributed by atoms with Crippen LogP contribution in [0.2, 0.25) is 5.02 Å².